The fraction of sp³-hybridized carbons (Fsp3) is 1.00. The highest BCUT2D eigenvalue weighted by Crippen LogP contribution is 2.18. The molecule has 1 aliphatic rings. The van der Waals surface area contributed by atoms with E-state index in [0.717, 1.165) is 0 Å². The molecule has 98 valence electrons. The molecule has 0 spiro atoms. The average molecular weight is 246 g/mol. The molecule has 1 fully saturated rings. The first-order valence-corrected chi connectivity index (χ1v) is 5.51. The molecule has 0 aromatic heterocycles. The van der Waals surface area contributed by atoms with Crippen molar-refractivity contribution in [3.8, 4) is 0 Å². The van der Waals surface area contributed by atoms with E-state index in [-0.39, 0.29) is 13.2 Å². The molecule has 0 unspecified atom stereocenters. The number of aliphatic hydroxyl groups excluding tert-OH is 4. The van der Waals surface area contributed by atoms with E-state index in [1.807, 2.05) is 0 Å². The van der Waals surface area contributed by atoms with E-state index in [1.165, 1.54) is 0 Å². The number of aliphatic hydroxyl groups is 4. The van der Waals surface area contributed by atoms with Gasteiger partial charge in [0.15, 0.2) is 0 Å². The van der Waals surface area contributed by atoms with Gasteiger partial charge in [0.2, 0.25) is 0 Å². The summed E-state index contributed by atoms with van der Waals surface area (Å²) in [6, 6.07) is -0.598. The van der Waals surface area contributed by atoms with E-state index >= 15 is 0 Å². The normalized spacial score (nSPS) is 34.4. The van der Waals surface area contributed by atoms with E-state index in [9.17, 15) is 15.3 Å². The second-order valence-corrected chi connectivity index (χ2v) is 4.10. The first-order valence-electron chi connectivity index (χ1n) is 5.51. The third kappa shape index (κ3) is 3.53. The second-order valence-electron chi connectivity index (χ2n) is 4.10. The minimum Gasteiger partial charge on any atom is -0.395 e. The molecule has 17 heavy (non-hydrogen) atoms. The lowest BCUT2D eigenvalue weighted by molar-refractivity contribution is -0.144. The molecule has 0 aliphatic carbocycles. The topological polar surface area (TPSA) is 133 Å². The Hall–Kier alpha value is -0.890. The summed E-state index contributed by atoms with van der Waals surface area (Å²) in [5.74, 6) is 0. The molecule has 8 nitrogen and oxygen atoms in total. The van der Waals surface area contributed by atoms with Crippen LogP contribution in [-0.4, -0.2) is 75.9 Å². The number of hydrogen-bond acceptors (Lipinski definition) is 6. The molecule has 4 atom stereocenters. The van der Waals surface area contributed by atoms with Crippen LogP contribution in [0.3, 0.4) is 0 Å². The summed E-state index contributed by atoms with van der Waals surface area (Å²) in [5.41, 5.74) is 8.11. The molecular formula is C9H18N4O4. The lowest BCUT2D eigenvalue weighted by atomic mass is 9.94. The minimum absolute atomic E-state index is 0.180. The second kappa shape index (κ2) is 6.75. The van der Waals surface area contributed by atoms with Crippen LogP contribution in [0.15, 0.2) is 5.11 Å². The van der Waals surface area contributed by atoms with Gasteiger partial charge in [-0.3, -0.25) is 4.90 Å². The number of hydrogen-bond donors (Lipinski definition) is 4. The van der Waals surface area contributed by atoms with Gasteiger partial charge in [-0.15, -0.1) is 0 Å². The van der Waals surface area contributed by atoms with Crippen molar-refractivity contribution in [3.05, 3.63) is 10.4 Å². The summed E-state index contributed by atoms with van der Waals surface area (Å²) < 4.78 is 0. The monoisotopic (exact) mass is 246 g/mol. The maximum Gasteiger partial charge on any atom is 0.109 e. The number of β-amino-alcohol motifs (C(OH)–C–C–N with tert-alkyl or cyclic N) is 1. The summed E-state index contributed by atoms with van der Waals surface area (Å²) in [4.78, 5) is 4.31. The molecular weight excluding hydrogens is 228 g/mol. The summed E-state index contributed by atoms with van der Waals surface area (Å²) in [5, 5.41) is 41.2. The molecule has 1 rings (SSSR count). The molecule has 0 amide bonds. The molecule has 0 aromatic rings. The maximum absolute atomic E-state index is 9.69. The highest BCUT2D eigenvalue weighted by molar-refractivity contribution is 4.94. The van der Waals surface area contributed by atoms with E-state index < -0.39 is 24.4 Å². The van der Waals surface area contributed by atoms with Gasteiger partial charge in [0.25, 0.3) is 0 Å². The van der Waals surface area contributed by atoms with Gasteiger partial charge in [-0.1, -0.05) is 5.11 Å². The fourth-order valence-corrected chi connectivity index (χ4v) is 2.02. The molecule has 1 saturated heterocycles. The summed E-state index contributed by atoms with van der Waals surface area (Å²) in [6.07, 6.45) is -2.88. The molecule has 8 heteroatoms. The lowest BCUT2D eigenvalue weighted by Gasteiger charge is -2.43. The van der Waals surface area contributed by atoms with E-state index in [0.29, 0.717) is 19.5 Å². The van der Waals surface area contributed by atoms with Gasteiger partial charge in [0, 0.05) is 18.0 Å². The van der Waals surface area contributed by atoms with E-state index in [1.54, 1.807) is 4.90 Å². The first-order chi connectivity index (χ1) is 8.11. The van der Waals surface area contributed by atoms with Gasteiger partial charge in [0.05, 0.1) is 18.8 Å². The van der Waals surface area contributed by atoms with Crippen LogP contribution in [-0.2, 0) is 0 Å². The largest absolute Gasteiger partial charge is 0.395 e. The Bertz CT molecular complexity index is 284. The Morgan fingerprint density at radius 3 is 2.59 bits per heavy atom. The molecule has 1 aliphatic heterocycles. The van der Waals surface area contributed by atoms with Crippen molar-refractivity contribution in [2.45, 2.75) is 30.8 Å². The summed E-state index contributed by atoms with van der Waals surface area (Å²) >= 11 is 0. The molecule has 4 N–H and O–H groups in total. The third-order valence-corrected chi connectivity index (χ3v) is 2.98. The Morgan fingerprint density at radius 1 is 1.29 bits per heavy atom. The Morgan fingerprint density at radius 2 is 2.00 bits per heavy atom. The SMILES string of the molecule is [N-]=[N+]=NCCCN1C[C@H](O)[C@@H](O)[C@H](O)[C@H]1CO. The first kappa shape index (κ1) is 14.2. The van der Waals surface area contributed by atoms with Gasteiger partial charge in [-0.05, 0) is 18.5 Å². The van der Waals surface area contributed by atoms with Gasteiger partial charge >= 0.3 is 0 Å². The number of azide groups is 1. The fourth-order valence-electron chi connectivity index (χ4n) is 2.02. The van der Waals surface area contributed by atoms with Crippen LogP contribution in [0.1, 0.15) is 6.42 Å². The number of nitrogens with zero attached hydrogens (tertiary/aromatic N) is 4. The van der Waals surface area contributed by atoms with Gasteiger partial charge in [-0.2, -0.15) is 0 Å². The van der Waals surface area contributed by atoms with Crippen LogP contribution >= 0.6 is 0 Å². The predicted octanol–water partition coefficient (Wildman–Crippen LogP) is -1.55. The highest BCUT2D eigenvalue weighted by atomic mass is 16.4. The van der Waals surface area contributed by atoms with E-state index in [4.69, 9.17) is 10.6 Å². The van der Waals surface area contributed by atoms with Crippen LogP contribution in [0, 0.1) is 0 Å². The quantitative estimate of drug-likeness (QED) is 0.202. The Balaban J connectivity index is 2.53. The Labute approximate surface area is 98.7 Å². The highest BCUT2D eigenvalue weighted by Gasteiger charge is 2.40. The van der Waals surface area contributed by atoms with Crippen LogP contribution in [0.5, 0.6) is 0 Å². The van der Waals surface area contributed by atoms with Crippen LogP contribution < -0.4 is 0 Å². The average Bonchev–Trinajstić information content (AvgIpc) is 2.32. The molecule has 0 radical (unpaired) electrons. The van der Waals surface area contributed by atoms with Crippen molar-refractivity contribution in [2.24, 2.45) is 5.11 Å². The number of rotatable bonds is 5. The smallest absolute Gasteiger partial charge is 0.109 e. The zero-order valence-electron chi connectivity index (χ0n) is 9.42. The van der Waals surface area contributed by atoms with Crippen molar-refractivity contribution in [1.29, 1.82) is 0 Å². The number of piperidine rings is 1. The zero-order valence-corrected chi connectivity index (χ0v) is 9.42. The van der Waals surface area contributed by atoms with E-state index in [2.05, 4.69) is 10.0 Å². The maximum atomic E-state index is 9.69. The van der Waals surface area contributed by atoms with Gasteiger partial charge < -0.3 is 20.4 Å². The zero-order chi connectivity index (χ0) is 12.8. The third-order valence-electron chi connectivity index (χ3n) is 2.98. The van der Waals surface area contributed by atoms with Crippen LogP contribution in [0.4, 0.5) is 0 Å². The summed E-state index contributed by atoms with van der Waals surface area (Å²) in [7, 11) is 0. The van der Waals surface area contributed by atoms with Crippen LogP contribution in [0.2, 0.25) is 0 Å². The molecule has 0 bridgehead atoms. The Kier molecular flexibility index (Phi) is 5.63. The molecule has 0 saturated carbocycles. The minimum atomic E-state index is -1.24. The standard InChI is InChI=1S/C9H18N4O4/c10-12-11-2-1-3-13-4-7(15)9(17)8(16)6(13)5-14/h6-9,14-17H,1-5H2/t6-,7+,8-,9-/m1/s1. The van der Waals surface area contributed by atoms with Crippen molar-refractivity contribution < 1.29 is 20.4 Å². The van der Waals surface area contributed by atoms with Crippen molar-refractivity contribution in [3.63, 3.8) is 0 Å². The lowest BCUT2D eigenvalue weighted by Crippen LogP contribution is -2.62. The van der Waals surface area contributed by atoms with Gasteiger partial charge in [-0.25, -0.2) is 0 Å². The molecule has 0 aromatic carbocycles. The predicted molar refractivity (Wildman–Crippen MR) is 59.1 cm³/mol. The van der Waals surface area contributed by atoms with Crippen molar-refractivity contribution in [2.75, 3.05) is 26.2 Å². The number of likely N-dealkylation sites (tertiary alicyclic amines) is 1. The van der Waals surface area contributed by atoms with Gasteiger partial charge in [0.1, 0.15) is 12.2 Å². The van der Waals surface area contributed by atoms with Crippen LogP contribution in [0.25, 0.3) is 10.4 Å². The van der Waals surface area contributed by atoms with Crippen molar-refractivity contribution >= 4 is 0 Å². The summed E-state index contributed by atoms with van der Waals surface area (Å²) in [6.45, 7) is 0.678. The van der Waals surface area contributed by atoms with Crippen molar-refractivity contribution in [1.82, 2.24) is 4.90 Å². The molecule has 1 heterocycles.